The zero-order chi connectivity index (χ0) is 35.0. The zero-order valence-corrected chi connectivity index (χ0v) is 29.1. The number of methoxy groups -OCH3 is 1. The number of carbonyl (C=O) groups is 2. The number of fused-ring (bicyclic) bond motifs is 3. The maximum atomic E-state index is 13.0. The molecule has 2 bridgehead atoms. The molecule has 3 fully saturated rings. The Balaban J connectivity index is 0.000000178. The van der Waals surface area contributed by atoms with E-state index in [1.165, 1.54) is 44.9 Å². The second-order valence-electron chi connectivity index (χ2n) is 13.0. The molecule has 264 valence electrons. The molecular weight excluding hydrogens is 646 g/mol. The van der Waals surface area contributed by atoms with Crippen molar-refractivity contribution in [3.05, 3.63) is 52.3 Å². The summed E-state index contributed by atoms with van der Waals surface area (Å²) < 4.78 is 60.8. The molecule has 2 aliphatic carbocycles. The SMILES string of the molecule is CCCC1CCOCC1CC.COc1ccc2nc(C)sc2c1C(=O)NC1C2CCC(C2)C1C.O=CNc1ccc(F)c(C(F)(F)F)c1. The number of benzene rings is 2. The first-order chi connectivity index (χ1) is 22.9. The fourth-order valence-corrected chi connectivity index (χ4v) is 8.42. The van der Waals surface area contributed by atoms with Gasteiger partial charge in [0, 0.05) is 24.9 Å². The summed E-state index contributed by atoms with van der Waals surface area (Å²) in [6.07, 6.45) is 4.64. The van der Waals surface area contributed by atoms with Crippen LogP contribution in [0.2, 0.25) is 0 Å². The normalized spacial score (nSPS) is 24.6. The quantitative estimate of drug-likeness (QED) is 0.182. The summed E-state index contributed by atoms with van der Waals surface area (Å²) in [5.41, 5.74) is 0.0167. The van der Waals surface area contributed by atoms with Crippen LogP contribution in [0.3, 0.4) is 0 Å². The van der Waals surface area contributed by atoms with Gasteiger partial charge in [0.15, 0.2) is 0 Å². The standard InChI is InChI=1S/C18H22N2O2S.C10H20O.C8H5F4NO/c1-9-11-4-5-12(8-11)16(9)20-18(21)15-14(22-3)7-6-13-17(15)23-10(2)19-13;1-3-5-10-6-7-11-8-9(10)4-2;9-7-2-1-5(13-4-14)3-6(7)8(10,11)12/h6-7,9,11-12,16H,4-5,8H2,1-3H3,(H,20,21);9-10H,3-8H2,1-2H3;1-4H,(H,13,14). The molecule has 0 radical (unpaired) electrons. The number of rotatable bonds is 8. The highest BCUT2D eigenvalue weighted by atomic mass is 32.1. The summed E-state index contributed by atoms with van der Waals surface area (Å²) in [5, 5.41) is 6.28. The van der Waals surface area contributed by atoms with Crippen LogP contribution in [0, 0.1) is 42.3 Å². The minimum atomic E-state index is -4.76. The number of nitrogens with one attached hydrogen (secondary N) is 2. The summed E-state index contributed by atoms with van der Waals surface area (Å²) in [6, 6.07) is 6.29. The second kappa shape index (κ2) is 16.9. The first kappa shape index (κ1) is 37.6. The van der Waals surface area contributed by atoms with Crippen molar-refractivity contribution in [3.63, 3.8) is 0 Å². The van der Waals surface area contributed by atoms with Gasteiger partial charge in [0.2, 0.25) is 6.41 Å². The molecule has 2 saturated carbocycles. The Hall–Kier alpha value is -3.25. The molecule has 1 aliphatic heterocycles. The number of amides is 2. The van der Waals surface area contributed by atoms with Gasteiger partial charge in [0.1, 0.15) is 17.1 Å². The van der Waals surface area contributed by atoms with Crippen LogP contribution in [-0.2, 0) is 15.7 Å². The molecule has 12 heteroatoms. The third-order valence-corrected chi connectivity index (χ3v) is 11.0. The molecule has 2 heterocycles. The lowest BCUT2D eigenvalue weighted by atomic mass is 9.83. The average Bonchev–Trinajstić information content (AvgIpc) is 3.77. The van der Waals surface area contributed by atoms with Crippen molar-refractivity contribution in [2.75, 3.05) is 25.6 Å². The van der Waals surface area contributed by atoms with Gasteiger partial charge in [-0.3, -0.25) is 9.59 Å². The maximum Gasteiger partial charge on any atom is 0.419 e. The average molecular weight is 694 g/mol. The molecule has 6 unspecified atom stereocenters. The number of alkyl halides is 3. The molecule has 7 nitrogen and oxygen atoms in total. The number of thiazole rings is 1. The predicted molar refractivity (Wildman–Crippen MR) is 181 cm³/mol. The third kappa shape index (κ3) is 9.05. The highest BCUT2D eigenvalue weighted by Gasteiger charge is 2.46. The van der Waals surface area contributed by atoms with E-state index in [4.69, 9.17) is 9.47 Å². The van der Waals surface area contributed by atoms with E-state index < -0.39 is 17.6 Å². The lowest BCUT2D eigenvalue weighted by molar-refractivity contribution is -0.140. The number of aryl methyl sites for hydroxylation is 1. The number of ether oxygens (including phenoxy) is 2. The van der Waals surface area contributed by atoms with Crippen LogP contribution in [0.5, 0.6) is 5.75 Å². The third-order valence-electron chi connectivity index (χ3n) is 10.0. The fourth-order valence-electron chi connectivity index (χ4n) is 7.47. The van der Waals surface area contributed by atoms with Crippen LogP contribution in [-0.4, -0.2) is 43.7 Å². The summed E-state index contributed by atoms with van der Waals surface area (Å²) >= 11 is 1.56. The zero-order valence-electron chi connectivity index (χ0n) is 28.3. The van der Waals surface area contributed by atoms with Crippen LogP contribution in [0.25, 0.3) is 10.2 Å². The van der Waals surface area contributed by atoms with Gasteiger partial charge in [-0.25, -0.2) is 9.37 Å². The minimum Gasteiger partial charge on any atom is -0.496 e. The number of nitrogens with zero attached hydrogens (tertiary/aromatic N) is 1. The van der Waals surface area contributed by atoms with Gasteiger partial charge in [-0.1, -0.05) is 40.0 Å². The lowest BCUT2D eigenvalue weighted by Gasteiger charge is -2.30. The van der Waals surface area contributed by atoms with Crippen LogP contribution < -0.4 is 15.4 Å². The lowest BCUT2D eigenvalue weighted by Crippen LogP contribution is -2.43. The molecular formula is C36H47F4N3O4S. The van der Waals surface area contributed by atoms with Gasteiger partial charge in [0.25, 0.3) is 5.91 Å². The summed E-state index contributed by atoms with van der Waals surface area (Å²) in [6.45, 7) is 10.8. The molecule has 0 spiro atoms. The van der Waals surface area contributed by atoms with Crippen molar-refractivity contribution in [1.82, 2.24) is 10.3 Å². The van der Waals surface area contributed by atoms with Crippen LogP contribution >= 0.6 is 11.3 Å². The molecule has 6 atom stereocenters. The molecule has 3 aliphatic rings. The summed E-state index contributed by atoms with van der Waals surface area (Å²) in [4.78, 5) is 27.4. The Morgan fingerprint density at radius 2 is 1.88 bits per heavy atom. The molecule has 2 aromatic carbocycles. The van der Waals surface area contributed by atoms with Gasteiger partial charge in [-0.2, -0.15) is 13.2 Å². The van der Waals surface area contributed by atoms with Gasteiger partial charge in [0.05, 0.1) is 27.9 Å². The molecule has 1 aromatic heterocycles. The van der Waals surface area contributed by atoms with Crippen molar-refractivity contribution in [3.8, 4) is 5.75 Å². The van der Waals surface area contributed by atoms with E-state index in [-0.39, 0.29) is 18.0 Å². The maximum absolute atomic E-state index is 13.0. The number of aromatic nitrogens is 1. The van der Waals surface area contributed by atoms with E-state index in [0.29, 0.717) is 41.3 Å². The minimum absolute atomic E-state index is 0.0134. The largest absolute Gasteiger partial charge is 0.496 e. The number of halogens is 4. The highest BCUT2D eigenvalue weighted by Crippen LogP contribution is 2.48. The first-order valence-corrected chi connectivity index (χ1v) is 17.6. The van der Waals surface area contributed by atoms with Gasteiger partial charge in [-0.05, 0) is 92.5 Å². The second-order valence-corrected chi connectivity index (χ2v) is 14.2. The molecule has 1 saturated heterocycles. The van der Waals surface area contributed by atoms with E-state index >= 15 is 0 Å². The van der Waals surface area contributed by atoms with Crippen molar-refractivity contribution < 1.29 is 36.6 Å². The Morgan fingerprint density at radius 3 is 2.50 bits per heavy atom. The van der Waals surface area contributed by atoms with Crippen molar-refractivity contribution >= 4 is 39.6 Å². The summed E-state index contributed by atoms with van der Waals surface area (Å²) in [5.74, 6) is 3.07. The topological polar surface area (TPSA) is 89.6 Å². The van der Waals surface area contributed by atoms with E-state index in [1.54, 1.807) is 18.4 Å². The van der Waals surface area contributed by atoms with Gasteiger partial charge in [-0.15, -0.1) is 11.3 Å². The van der Waals surface area contributed by atoms with E-state index in [1.807, 2.05) is 24.4 Å². The number of carbonyl (C=O) groups excluding carboxylic acids is 2. The number of hydrogen-bond donors (Lipinski definition) is 2. The molecule has 2 N–H and O–H groups in total. The van der Waals surface area contributed by atoms with E-state index in [9.17, 15) is 27.2 Å². The predicted octanol–water partition coefficient (Wildman–Crippen LogP) is 9.04. The Kier molecular flexibility index (Phi) is 13.2. The highest BCUT2D eigenvalue weighted by molar-refractivity contribution is 7.19. The monoisotopic (exact) mass is 693 g/mol. The summed E-state index contributed by atoms with van der Waals surface area (Å²) in [7, 11) is 1.62. The molecule has 6 rings (SSSR count). The van der Waals surface area contributed by atoms with E-state index in [2.05, 4.69) is 31.1 Å². The molecule has 48 heavy (non-hydrogen) atoms. The fraction of sp³-hybridized carbons (Fsp3) is 0.583. The van der Waals surface area contributed by atoms with Crippen LogP contribution in [0.15, 0.2) is 30.3 Å². The van der Waals surface area contributed by atoms with Crippen molar-refractivity contribution in [2.24, 2.45) is 29.6 Å². The Labute approximate surface area is 284 Å². The number of anilines is 1. The molecule has 2 amide bonds. The van der Waals surface area contributed by atoms with Gasteiger partial charge < -0.3 is 20.1 Å². The smallest absolute Gasteiger partial charge is 0.419 e. The number of hydrogen-bond acceptors (Lipinski definition) is 6. The Bertz CT molecular complexity index is 1530. The van der Waals surface area contributed by atoms with Crippen molar-refractivity contribution in [2.45, 2.75) is 84.9 Å². The molecule has 3 aromatic rings. The first-order valence-electron chi connectivity index (χ1n) is 16.8. The van der Waals surface area contributed by atoms with Crippen LogP contribution in [0.1, 0.15) is 86.6 Å². The van der Waals surface area contributed by atoms with Crippen LogP contribution in [0.4, 0.5) is 23.2 Å². The van der Waals surface area contributed by atoms with E-state index in [0.717, 1.165) is 52.3 Å². The van der Waals surface area contributed by atoms with Gasteiger partial charge >= 0.3 is 6.18 Å². The Morgan fingerprint density at radius 1 is 1.12 bits per heavy atom. The van der Waals surface area contributed by atoms with Crippen molar-refractivity contribution in [1.29, 1.82) is 0 Å².